The summed E-state index contributed by atoms with van der Waals surface area (Å²) in [6.45, 7) is 4.02. The number of hydrogen-bond acceptors (Lipinski definition) is 5. The van der Waals surface area contributed by atoms with E-state index < -0.39 is 5.97 Å². The summed E-state index contributed by atoms with van der Waals surface area (Å²) in [7, 11) is 0. The van der Waals surface area contributed by atoms with Gasteiger partial charge >= 0.3 is 5.97 Å². The van der Waals surface area contributed by atoms with Crippen LogP contribution in [-0.4, -0.2) is 17.6 Å². The number of aromatic nitrogens is 1. The zero-order valence-corrected chi connectivity index (χ0v) is 9.77. The van der Waals surface area contributed by atoms with Crippen LogP contribution in [0.5, 0.6) is 0 Å². The third kappa shape index (κ3) is 2.62. The topological polar surface area (TPSA) is 60.5 Å². The first-order valence-electron chi connectivity index (χ1n) is 5.44. The minimum absolute atomic E-state index is 0.303. The Balaban J connectivity index is 2.10. The van der Waals surface area contributed by atoms with Crippen LogP contribution in [0, 0.1) is 6.92 Å². The second-order valence-electron chi connectivity index (χ2n) is 3.67. The van der Waals surface area contributed by atoms with E-state index in [1.807, 2.05) is 19.1 Å². The molecule has 1 N–H and O–H groups in total. The van der Waals surface area contributed by atoms with E-state index in [4.69, 9.17) is 9.57 Å². The maximum Gasteiger partial charge on any atom is 0.356 e. The zero-order valence-electron chi connectivity index (χ0n) is 9.77. The van der Waals surface area contributed by atoms with Crippen LogP contribution in [0.15, 0.2) is 30.1 Å². The van der Waals surface area contributed by atoms with Gasteiger partial charge in [0.1, 0.15) is 11.8 Å². The van der Waals surface area contributed by atoms with Gasteiger partial charge in [0.15, 0.2) is 0 Å². The first-order chi connectivity index (χ1) is 8.20. The maximum absolute atomic E-state index is 11.4. The van der Waals surface area contributed by atoms with Gasteiger partial charge in [-0.2, -0.15) is 0 Å². The number of nitrogens with one attached hydrogen (secondary N) is 1. The Bertz CT molecular complexity index is 440. The number of nitrogens with zero attached hydrogens (tertiary/aromatic N) is 1. The van der Waals surface area contributed by atoms with Crippen molar-refractivity contribution in [2.75, 3.05) is 6.61 Å². The SMILES string of the molecule is CCOC(=O)C1=CC(c2ccc(C)nc2)ON1. The highest BCUT2D eigenvalue weighted by Gasteiger charge is 2.23. The third-order valence-corrected chi connectivity index (χ3v) is 2.37. The second-order valence-corrected chi connectivity index (χ2v) is 3.67. The molecule has 1 aromatic heterocycles. The van der Waals surface area contributed by atoms with Gasteiger partial charge in [-0.25, -0.2) is 4.79 Å². The Morgan fingerprint density at radius 2 is 2.41 bits per heavy atom. The summed E-state index contributed by atoms with van der Waals surface area (Å²) in [6, 6.07) is 3.81. The average Bonchev–Trinajstić information content (AvgIpc) is 2.80. The van der Waals surface area contributed by atoms with Crippen molar-refractivity contribution in [1.82, 2.24) is 10.5 Å². The van der Waals surface area contributed by atoms with Gasteiger partial charge in [-0.1, -0.05) is 6.07 Å². The van der Waals surface area contributed by atoms with Gasteiger partial charge in [-0.05, 0) is 26.0 Å². The van der Waals surface area contributed by atoms with Crippen LogP contribution in [0.1, 0.15) is 24.3 Å². The van der Waals surface area contributed by atoms with Crippen molar-refractivity contribution in [2.45, 2.75) is 20.0 Å². The number of hydrogen-bond donors (Lipinski definition) is 1. The van der Waals surface area contributed by atoms with Crippen molar-refractivity contribution >= 4 is 5.97 Å². The number of hydroxylamine groups is 1. The molecule has 0 bridgehead atoms. The van der Waals surface area contributed by atoms with Crippen LogP contribution in [0.3, 0.4) is 0 Å². The first kappa shape index (κ1) is 11.6. The van der Waals surface area contributed by atoms with Crippen molar-refractivity contribution in [1.29, 1.82) is 0 Å². The van der Waals surface area contributed by atoms with Crippen LogP contribution in [0.4, 0.5) is 0 Å². The molecule has 17 heavy (non-hydrogen) atoms. The molecule has 1 unspecified atom stereocenters. The van der Waals surface area contributed by atoms with E-state index in [0.717, 1.165) is 11.3 Å². The predicted molar refractivity (Wildman–Crippen MR) is 60.7 cm³/mol. The summed E-state index contributed by atoms with van der Waals surface area (Å²) < 4.78 is 4.86. The second kappa shape index (κ2) is 4.97. The molecule has 1 atom stereocenters. The van der Waals surface area contributed by atoms with Crippen molar-refractivity contribution in [3.63, 3.8) is 0 Å². The summed E-state index contributed by atoms with van der Waals surface area (Å²) in [6.07, 6.45) is 3.11. The van der Waals surface area contributed by atoms with Gasteiger partial charge in [0.2, 0.25) is 0 Å². The van der Waals surface area contributed by atoms with Crippen LogP contribution < -0.4 is 5.48 Å². The molecular formula is C12H14N2O3. The fourth-order valence-electron chi connectivity index (χ4n) is 1.48. The molecular weight excluding hydrogens is 220 g/mol. The zero-order chi connectivity index (χ0) is 12.3. The Morgan fingerprint density at radius 3 is 3.06 bits per heavy atom. The van der Waals surface area contributed by atoms with Crippen molar-refractivity contribution in [3.05, 3.63) is 41.4 Å². The quantitative estimate of drug-likeness (QED) is 0.801. The highest BCUT2D eigenvalue weighted by Crippen LogP contribution is 2.23. The number of esters is 1. The Labute approximate surface area is 99.4 Å². The molecule has 0 spiro atoms. The van der Waals surface area contributed by atoms with Crippen LogP contribution in [-0.2, 0) is 14.4 Å². The molecule has 0 amide bonds. The van der Waals surface area contributed by atoms with E-state index in [2.05, 4.69) is 10.5 Å². The molecule has 5 nitrogen and oxygen atoms in total. The summed E-state index contributed by atoms with van der Waals surface area (Å²) in [5, 5.41) is 0. The number of aryl methyl sites for hydroxylation is 1. The standard InChI is InChI=1S/C12H14N2O3/c1-3-16-12(15)10-6-11(17-14-10)9-5-4-8(2)13-7-9/h4-7,11,14H,3H2,1-2H3. The van der Waals surface area contributed by atoms with Crippen molar-refractivity contribution in [3.8, 4) is 0 Å². The lowest BCUT2D eigenvalue weighted by atomic mass is 10.1. The predicted octanol–water partition coefficient (Wildman–Crippen LogP) is 1.41. The van der Waals surface area contributed by atoms with Gasteiger partial charge in [0.25, 0.3) is 0 Å². The van der Waals surface area contributed by atoms with Gasteiger partial charge in [-0.3, -0.25) is 15.3 Å². The average molecular weight is 234 g/mol. The van der Waals surface area contributed by atoms with Gasteiger partial charge in [-0.15, -0.1) is 0 Å². The lowest BCUT2D eigenvalue weighted by Crippen LogP contribution is -2.17. The smallest absolute Gasteiger partial charge is 0.356 e. The number of carbonyl (C=O) groups is 1. The molecule has 0 fully saturated rings. The molecule has 2 heterocycles. The molecule has 1 aliphatic heterocycles. The lowest BCUT2D eigenvalue weighted by Gasteiger charge is -2.06. The van der Waals surface area contributed by atoms with E-state index in [0.29, 0.717) is 12.3 Å². The number of rotatable bonds is 3. The van der Waals surface area contributed by atoms with E-state index in [1.54, 1.807) is 19.2 Å². The number of pyridine rings is 1. The van der Waals surface area contributed by atoms with E-state index in [-0.39, 0.29) is 6.10 Å². The minimum atomic E-state index is -0.407. The highest BCUT2D eigenvalue weighted by molar-refractivity contribution is 5.88. The third-order valence-electron chi connectivity index (χ3n) is 2.37. The normalized spacial score (nSPS) is 18.5. The number of carbonyl (C=O) groups excluding carboxylic acids is 1. The van der Waals surface area contributed by atoms with E-state index >= 15 is 0 Å². The van der Waals surface area contributed by atoms with Gasteiger partial charge < -0.3 is 4.74 Å². The first-order valence-corrected chi connectivity index (χ1v) is 5.44. The molecule has 90 valence electrons. The van der Waals surface area contributed by atoms with E-state index in [9.17, 15) is 4.79 Å². The summed E-state index contributed by atoms with van der Waals surface area (Å²) >= 11 is 0. The summed E-state index contributed by atoms with van der Waals surface area (Å²) in [4.78, 5) is 20.9. The number of ether oxygens (including phenoxy) is 1. The van der Waals surface area contributed by atoms with Gasteiger partial charge in [0.05, 0.1) is 6.61 Å². The minimum Gasteiger partial charge on any atom is -0.461 e. The molecule has 2 rings (SSSR count). The molecule has 5 heteroatoms. The largest absolute Gasteiger partial charge is 0.461 e. The Kier molecular flexibility index (Phi) is 3.39. The summed E-state index contributed by atoms with van der Waals surface area (Å²) in [5.74, 6) is -0.407. The molecule has 0 saturated heterocycles. The van der Waals surface area contributed by atoms with Crippen molar-refractivity contribution in [2.24, 2.45) is 0 Å². The van der Waals surface area contributed by atoms with Crippen LogP contribution >= 0.6 is 0 Å². The van der Waals surface area contributed by atoms with Gasteiger partial charge in [0, 0.05) is 17.5 Å². The molecule has 0 aromatic carbocycles. The fourth-order valence-corrected chi connectivity index (χ4v) is 1.48. The molecule has 0 radical (unpaired) electrons. The molecule has 1 aromatic rings. The van der Waals surface area contributed by atoms with E-state index in [1.165, 1.54) is 0 Å². The molecule has 0 saturated carbocycles. The Hall–Kier alpha value is -1.88. The fraction of sp³-hybridized carbons (Fsp3) is 0.333. The molecule has 0 aliphatic carbocycles. The lowest BCUT2D eigenvalue weighted by molar-refractivity contribution is -0.140. The summed E-state index contributed by atoms with van der Waals surface area (Å²) in [5.41, 5.74) is 4.72. The Morgan fingerprint density at radius 1 is 1.59 bits per heavy atom. The van der Waals surface area contributed by atoms with Crippen LogP contribution in [0.25, 0.3) is 0 Å². The monoisotopic (exact) mass is 234 g/mol. The molecule has 1 aliphatic rings. The van der Waals surface area contributed by atoms with Crippen molar-refractivity contribution < 1.29 is 14.4 Å². The van der Waals surface area contributed by atoms with Crippen LogP contribution in [0.2, 0.25) is 0 Å². The highest BCUT2D eigenvalue weighted by atomic mass is 16.7. The maximum atomic E-state index is 11.4.